The zero-order valence-electron chi connectivity index (χ0n) is 17.9. The normalized spacial score (nSPS) is 17.8. The van der Waals surface area contributed by atoms with Crippen molar-refractivity contribution in [3.05, 3.63) is 40.8 Å². The number of halogens is 2. The van der Waals surface area contributed by atoms with E-state index in [9.17, 15) is 23.0 Å². The van der Waals surface area contributed by atoms with Crippen molar-refractivity contribution in [1.29, 1.82) is 0 Å². The molecular weight excluding hydrogens is 445 g/mol. The molecule has 0 fully saturated rings. The molecule has 0 saturated carbocycles. The fraction of sp³-hybridized carbons (Fsp3) is 0.524. The first-order chi connectivity index (χ1) is 14.4. The minimum Gasteiger partial charge on any atom is -0.392 e. The Labute approximate surface area is 187 Å². The molecule has 1 aromatic heterocycles. The van der Waals surface area contributed by atoms with Gasteiger partial charge < -0.3 is 10.2 Å². The van der Waals surface area contributed by atoms with Gasteiger partial charge in [-0.3, -0.25) is 0 Å². The van der Waals surface area contributed by atoms with Crippen LogP contribution in [-0.4, -0.2) is 60.0 Å². The van der Waals surface area contributed by atoms with E-state index in [1.54, 1.807) is 6.07 Å². The maximum Gasteiger partial charge on any atom is 0.239 e. The predicted molar refractivity (Wildman–Crippen MR) is 119 cm³/mol. The first-order valence-electron chi connectivity index (χ1n) is 10.0. The molecule has 3 rings (SSSR count). The van der Waals surface area contributed by atoms with E-state index in [4.69, 9.17) is 11.6 Å². The summed E-state index contributed by atoms with van der Waals surface area (Å²) in [7, 11) is -2.20. The van der Waals surface area contributed by atoms with Gasteiger partial charge in [-0.15, -0.1) is 11.6 Å². The Balaban J connectivity index is 2.22. The molecule has 0 bridgehead atoms. The number of fused-ring (bicyclic) bond motifs is 3. The van der Waals surface area contributed by atoms with Gasteiger partial charge in [0.2, 0.25) is 16.0 Å². The highest BCUT2D eigenvalue weighted by Crippen LogP contribution is 2.44. The van der Waals surface area contributed by atoms with Crippen molar-refractivity contribution in [1.82, 2.24) is 9.97 Å². The first kappa shape index (κ1) is 23.8. The Bertz CT molecular complexity index is 1080. The zero-order chi connectivity index (χ0) is 23.1. The summed E-state index contributed by atoms with van der Waals surface area (Å²) in [4.78, 5) is 9.05. The molecule has 0 saturated heterocycles. The van der Waals surface area contributed by atoms with E-state index >= 15 is 0 Å². The summed E-state index contributed by atoms with van der Waals surface area (Å²) < 4.78 is 39.3. The van der Waals surface area contributed by atoms with Crippen LogP contribution in [0.4, 0.5) is 10.3 Å². The largest absolute Gasteiger partial charge is 0.392 e. The molecule has 0 aliphatic heterocycles. The third-order valence-corrected chi connectivity index (χ3v) is 7.12. The summed E-state index contributed by atoms with van der Waals surface area (Å²) in [5.41, 5.74) is 3.15. The molecule has 2 aromatic rings. The van der Waals surface area contributed by atoms with E-state index in [1.165, 1.54) is 19.2 Å². The van der Waals surface area contributed by atoms with Crippen LogP contribution in [0, 0.1) is 5.82 Å². The van der Waals surface area contributed by atoms with Crippen molar-refractivity contribution in [3.63, 3.8) is 0 Å². The zero-order valence-corrected chi connectivity index (χ0v) is 19.5. The summed E-state index contributed by atoms with van der Waals surface area (Å²) in [5, 5.41) is 20.8. The van der Waals surface area contributed by atoms with Crippen LogP contribution in [-0.2, 0) is 16.4 Å². The second kappa shape index (κ2) is 8.97. The SMILES string of the molecule is CC(C)c1nc(N(C)S(C)(=O)=O)nc2c1C[C@@H]([C@@H](O)C[C@@H](O)CCl)c1cc(F)ccc1-2. The van der Waals surface area contributed by atoms with Gasteiger partial charge in [-0.1, -0.05) is 13.8 Å². The van der Waals surface area contributed by atoms with E-state index in [-0.39, 0.29) is 24.2 Å². The van der Waals surface area contributed by atoms with Crippen molar-refractivity contribution >= 4 is 27.6 Å². The number of aromatic nitrogens is 2. The lowest BCUT2D eigenvalue weighted by Crippen LogP contribution is -2.31. The van der Waals surface area contributed by atoms with Crippen LogP contribution in [0.2, 0.25) is 0 Å². The van der Waals surface area contributed by atoms with Crippen LogP contribution in [0.3, 0.4) is 0 Å². The minimum atomic E-state index is -3.58. The summed E-state index contributed by atoms with van der Waals surface area (Å²) in [6, 6.07) is 4.25. The van der Waals surface area contributed by atoms with Gasteiger partial charge in [-0.2, -0.15) is 0 Å². The Morgan fingerprint density at radius 2 is 1.97 bits per heavy atom. The highest BCUT2D eigenvalue weighted by atomic mass is 35.5. The number of nitrogens with zero attached hydrogens (tertiary/aromatic N) is 3. The van der Waals surface area contributed by atoms with E-state index in [0.29, 0.717) is 28.9 Å². The van der Waals surface area contributed by atoms with Gasteiger partial charge in [0.1, 0.15) is 5.82 Å². The Morgan fingerprint density at radius 1 is 1.29 bits per heavy atom. The molecule has 1 heterocycles. The van der Waals surface area contributed by atoms with Crippen molar-refractivity contribution in [2.45, 2.75) is 50.7 Å². The molecule has 0 unspecified atom stereocenters. The summed E-state index contributed by atoms with van der Waals surface area (Å²) >= 11 is 5.70. The summed E-state index contributed by atoms with van der Waals surface area (Å²) in [6.07, 6.45) is -0.393. The number of alkyl halides is 1. The number of hydrogen-bond acceptors (Lipinski definition) is 6. The van der Waals surface area contributed by atoms with Crippen LogP contribution >= 0.6 is 11.6 Å². The lowest BCUT2D eigenvalue weighted by molar-refractivity contribution is 0.0732. The first-order valence-corrected chi connectivity index (χ1v) is 12.4. The molecule has 7 nitrogen and oxygen atoms in total. The van der Waals surface area contributed by atoms with Gasteiger partial charge in [-0.25, -0.2) is 27.1 Å². The molecule has 1 aromatic carbocycles. The third-order valence-electron chi connectivity index (χ3n) is 5.60. The molecule has 10 heteroatoms. The fourth-order valence-electron chi connectivity index (χ4n) is 3.91. The van der Waals surface area contributed by atoms with Gasteiger partial charge in [0.05, 0.1) is 29.9 Å². The maximum atomic E-state index is 14.1. The average Bonchev–Trinajstić information content (AvgIpc) is 2.70. The van der Waals surface area contributed by atoms with Crippen LogP contribution in [0.15, 0.2) is 18.2 Å². The van der Waals surface area contributed by atoms with Gasteiger partial charge in [0.15, 0.2) is 0 Å². The average molecular weight is 472 g/mol. The molecule has 170 valence electrons. The number of aliphatic hydroxyl groups excluding tert-OH is 2. The van der Waals surface area contributed by atoms with Crippen molar-refractivity contribution in [3.8, 4) is 11.3 Å². The molecule has 2 N–H and O–H groups in total. The van der Waals surface area contributed by atoms with Crippen LogP contribution in [0.25, 0.3) is 11.3 Å². The Kier molecular flexibility index (Phi) is 6.90. The number of sulfonamides is 1. The molecule has 31 heavy (non-hydrogen) atoms. The smallest absolute Gasteiger partial charge is 0.239 e. The second-order valence-corrected chi connectivity index (χ2v) is 10.6. The van der Waals surface area contributed by atoms with Gasteiger partial charge >= 0.3 is 0 Å². The van der Waals surface area contributed by atoms with Gasteiger partial charge in [0.25, 0.3) is 0 Å². The molecule has 0 amide bonds. The summed E-state index contributed by atoms with van der Waals surface area (Å²) in [5.74, 6) is -0.967. The Hall–Kier alpha value is -1.81. The highest BCUT2D eigenvalue weighted by molar-refractivity contribution is 7.92. The maximum absolute atomic E-state index is 14.1. The minimum absolute atomic E-state index is 0.0160. The van der Waals surface area contributed by atoms with Crippen molar-refractivity contribution in [2.75, 3.05) is 23.5 Å². The van der Waals surface area contributed by atoms with E-state index < -0.39 is 34.0 Å². The second-order valence-electron chi connectivity index (χ2n) is 8.27. The van der Waals surface area contributed by atoms with Gasteiger partial charge in [-0.05, 0) is 36.1 Å². The van der Waals surface area contributed by atoms with Crippen LogP contribution < -0.4 is 4.31 Å². The van der Waals surface area contributed by atoms with Crippen LogP contribution in [0.1, 0.15) is 48.9 Å². The third kappa shape index (κ3) is 4.84. The molecule has 3 atom stereocenters. The van der Waals surface area contributed by atoms with Crippen molar-refractivity contribution < 1.29 is 23.0 Å². The number of anilines is 1. The molecule has 1 aliphatic carbocycles. The predicted octanol–water partition coefficient (Wildman–Crippen LogP) is 2.79. The number of rotatable bonds is 7. The molecule has 1 aliphatic rings. The Morgan fingerprint density at radius 3 is 2.55 bits per heavy atom. The van der Waals surface area contributed by atoms with Crippen molar-refractivity contribution in [2.24, 2.45) is 0 Å². The fourth-order valence-corrected chi connectivity index (χ4v) is 4.42. The highest BCUT2D eigenvalue weighted by Gasteiger charge is 2.35. The molecular formula is C21H27ClFN3O4S. The lowest BCUT2D eigenvalue weighted by atomic mass is 9.75. The standard InChI is InChI=1S/C21H27ClFN3O4S/c1-11(2)19-17-9-16(18(28)8-13(27)10-22)15-7-12(23)5-6-14(15)20(17)25-21(24-19)26(3)31(4,29)30/h5-7,11,13,16,18,27-28H,8-10H2,1-4H3/t13-,16-,18+/m1/s1. The van der Waals surface area contributed by atoms with E-state index in [1.807, 2.05) is 13.8 Å². The number of aliphatic hydroxyl groups is 2. The lowest BCUT2D eigenvalue weighted by Gasteiger charge is -2.33. The monoisotopic (exact) mass is 471 g/mol. The number of benzene rings is 1. The number of hydrogen-bond donors (Lipinski definition) is 2. The summed E-state index contributed by atoms with van der Waals surface area (Å²) in [6.45, 7) is 3.88. The quantitative estimate of drug-likeness (QED) is 0.602. The molecule has 0 radical (unpaired) electrons. The van der Waals surface area contributed by atoms with Crippen LogP contribution in [0.5, 0.6) is 0 Å². The van der Waals surface area contributed by atoms with E-state index in [0.717, 1.165) is 16.1 Å². The van der Waals surface area contributed by atoms with E-state index in [2.05, 4.69) is 9.97 Å². The molecule has 0 spiro atoms. The van der Waals surface area contributed by atoms with Gasteiger partial charge in [0, 0.05) is 36.4 Å². The topological polar surface area (TPSA) is 104 Å².